The Bertz CT molecular complexity index is 908. The summed E-state index contributed by atoms with van der Waals surface area (Å²) in [5.41, 5.74) is 3.70. The molecule has 0 unspecified atom stereocenters. The third-order valence-corrected chi connectivity index (χ3v) is 5.81. The van der Waals surface area contributed by atoms with Gasteiger partial charge in [0.15, 0.2) is 0 Å². The number of ether oxygens (including phenoxy) is 1. The first kappa shape index (κ1) is 21.8. The van der Waals surface area contributed by atoms with E-state index in [-0.39, 0.29) is 17.9 Å². The molecule has 0 aliphatic carbocycles. The first-order valence-corrected chi connectivity index (χ1v) is 10.6. The number of fused-ring (bicyclic) bond motifs is 1. The Morgan fingerprint density at radius 1 is 1.17 bits per heavy atom. The van der Waals surface area contributed by atoms with Crippen LogP contribution in [0.3, 0.4) is 0 Å². The second-order valence-electron chi connectivity index (χ2n) is 7.49. The summed E-state index contributed by atoms with van der Waals surface area (Å²) in [7, 11) is 1.66. The lowest BCUT2D eigenvalue weighted by atomic mass is 10.0. The van der Waals surface area contributed by atoms with Crippen molar-refractivity contribution in [2.75, 3.05) is 38.2 Å². The van der Waals surface area contributed by atoms with Gasteiger partial charge in [-0.1, -0.05) is 26.0 Å². The van der Waals surface area contributed by atoms with Gasteiger partial charge in [0.2, 0.25) is 5.91 Å². The van der Waals surface area contributed by atoms with E-state index in [9.17, 15) is 9.59 Å². The SMILES string of the molecule is CCN(CC)[C@@H](CNC(=O)c1ccc2c(c1)CCN2C(C)=O)c1cccc(OC)c1. The van der Waals surface area contributed by atoms with Gasteiger partial charge in [0.05, 0.1) is 13.2 Å². The van der Waals surface area contributed by atoms with Crippen LogP contribution in [0.1, 0.15) is 48.3 Å². The number of nitrogens with zero attached hydrogens (tertiary/aromatic N) is 2. The predicted octanol–water partition coefficient (Wildman–Crippen LogP) is 3.42. The Morgan fingerprint density at radius 3 is 2.60 bits per heavy atom. The van der Waals surface area contributed by atoms with Crippen LogP contribution in [0.4, 0.5) is 5.69 Å². The molecule has 6 nitrogen and oxygen atoms in total. The Balaban J connectivity index is 1.75. The van der Waals surface area contributed by atoms with Crippen LogP contribution in [-0.4, -0.2) is 50.0 Å². The van der Waals surface area contributed by atoms with Crippen LogP contribution in [0.5, 0.6) is 5.75 Å². The normalized spacial score (nSPS) is 13.8. The summed E-state index contributed by atoms with van der Waals surface area (Å²) in [5, 5.41) is 3.11. The molecule has 1 aliphatic heterocycles. The molecule has 3 rings (SSSR count). The summed E-state index contributed by atoms with van der Waals surface area (Å²) in [6.07, 6.45) is 0.780. The van der Waals surface area contributed by atoms with E-state index in [1.165, 1.54) is 0 Å². The molecule has 2 aromatic rings. The van der Waals surface area contributed by atoms with Crippen molar-refractivity contribution < 1.29 is 14.3 Å². The first-order chi connectivity index (χ1) is 14.5. The molecule has 6 heteroatoms. The Labute approximate surface area is 178 Å². The van der Waals surface area contributed by atoms with Crippen molar-refractivity contribution in [2.45, 2.75) is 33.2 Å². The van der Waals surface area contributed by atoms with Crippen LogP contribution in [0, 0.1) is 0 Å². The highest BCUT2D eigenvalue weighted by Crippen LogP contribution is 2.29. The molecule has 1 N–H and O–H groups in total. The highest BCUT2D eigenvalue weighted by molar-refractivity contribution is 5.97. The second-order valence-corrected chi connectivity index (χ2v) is 7.49. The summed E-state index contributed by atoms with van der Waals surface area (Å²) in [6, 6.07) is 13.7. The van der Waals surface area contributed by atoms with Crippen molar-refractivity contribution in [3.63, 3.8) is 0 Å². The third-order valence-electron chi connectivity index (χ3n) is 5.81. The van der Waals surface area contributed by atoms with E-state index in [2.05, 4.69) is 30.1 Å². The van der Waals surface area contributed by atoms with Gasteiger partial charge in [0.25, 0.3) is 5.91 Å². The van der Waals surface area contributed by atoms with Gasteiger partial charge in [0, 0.05) is 31.3 Å². The van der Waals surface area contributed by atoms with Gasteiger partial charge in [-0.25, -0.2) is 0 Å². The minimum absolute atomic E-state index is 0.0336. The van der Waals surface area contributed by atoms with E-state index in [0.717, 1.165) is 42.1 Å². The lowest BCUT2D eigenvalue weighted by molar-refractivity contribution is -0.116. The zero-order valence-electron chi connectivity index (χ0n) is 18.3. The smallest absolute Gasteiger partial charge is 0.251 e. The van der Waals surface area contributed by atoms with Crippen LogP contribution in [-0.2, 0) is 11.2 Å². The first-order valence-electron chi connectivity index (χ1n) is 10.6. The number of likely N-dealkylation sites (N-methyl/N-ethyl adjacent to an activating group) is 1. The molecule has 0 fully saturated rings. The lowest BCUT2D eigenvalue weighted by Gasteiger charge is -2.30. The number of rotatable bonds is 8. The quantitative estimate of drug-likeness (QED) is 0.726. The molecule has 0 saturated carbocycles. The van der Waals surface area contributed by atoms with E-state index in [1.807, 2.05) is 30.3 Å². The molecule has 2 amide bonds. The molecular weight excluding hydrogens is 378 g/mol. The molecule has 0 saturated heterocycles. The number of hydrogen-bond donors (Lipinski definition) is 1. The summed E-state index contributed by atoms with van der Waals surface area (Å²) < 4.78 is 5.38. The predicted molar refractivity (Wildman–Crippen MR) is 119 cm³/mol. The number of benzene rings is 2. The van der Waals surface area contributed by atoms with Gasteiger partial charge in [-0.3, -0.25) is 14.5 Å². The molecule has 2 aromatic carbocycles. The number of carbonyl (C=O) groups excluding carboxylic acids is 2. The summed E-state index contributed by atoms with van der Waals surface area (Å²) in [4.78, 5) is 28.7. The van der Waals surface area contributed by atoms with Gasteiger partial charge >= 0.3 is 0 Å². The molecule has 160 valence electrons. The van der Waals surface area contributed by atoms with Crippen molar-refractivity contribution in [3.8, 4) is 5.75 Å². The number of hydrogen-bond acceptors (Lipinski definition) is 4. The van der Waals surface area contributed by atoms with Crippen molar-refractivity contribution in [2.24, 2.45) is 0 Å². The van der Waals surface area contributed by atoms with Crippen molar-refractivity contribution in [3.05, 3.63) is 59.2 Å². The third kappa shape index (κ3) is 4.65. The Kier molecular flexibility index (Phi) is 7.11. The van der Waals surface area contributed by atoms with E-state index in [1.54, 1.807) is 25.0 Å². The van der Waals surface area contributed by atoms with Crippen molar-refractivity contribution in [1.82, 2.24) is 10.2 Å². The van der Waals surface area contributed by atoms with Gasteiger partial charge in [-0.2, -0.15) is 0 Å². The maximum Gasteiger partial charge on any atom is 0.251 e. The number of anilines is 1. The molecule has 0 aromatic heterocycles. The molecule has 1 heterocycles. The number of nitrogens with one attached hydrogen (secondary N) is 1. The molecule has 0 bridgehead atoms. The van der Waals surface area contributed by atoms with Crippen LogP contribution < -0.4 is 15.0 Å². The Morgan fingerprint density at radius 2 is 1.93 bits per heavy atom. The van der Waals surface area contributed by atoms with Crippen LogP contribution >= 0.6 is 0 Å². The number of methoxy groups -OCH3 is 1. The van der Waals surface area contributed by atoms with Gasteiger partial charge in [0.1, 0.15) is 5.75 Å². The van der Waals surface area contributed by atoms with Crippen LogP contribution in [0.15, 0.2) is 42.5 Å². The minimum Gasteiger partial charge on any atom is -0.497 e. The molecule has 0 radical (unpaired) electrons. The topological polar surface area (TPSA) is 61.9 Å². The van der Waals surface area contributed by atoms with Crippen LogP contribution in [0.2, 0.25) is 0 Å². The highest BCUT2D eigenvalue weighted by Gasteiger charge is 2.24. The average molecular weight is 410 g/mol. The number of amides is 2. The molecule has 30 heavy (non-hydrogen) atoms. The summed E-state index contributed by atoms with van der Waals surface area (Å²) in [5.74, 6) is 0.745. The van der Waals surface area contributed by atoms with E-state index >= 15 is 0 Å². The molecule has 1 aliphatic rings. The fourth-order valence-electron chi connectivity index (χ4n) is 4.13. The second kappa shape index (κ2) is 9.76. The highest BCUT2D eigenvalue weighted by atomic mass is 16.5. The average Bonchev–Trinajstić information content (AvgIpc) is 3.20. The number of carbonyl (C=O) groups is 2. The molecular formula is C24H31N3O3. The van der Waals surface area contributed by atoms with Crippen LogP contribution in [0.25, 0.3) is 0 Å². The zero-order chi connectivity index (χ0) is 21.7. The van der Waals surface area contributed by atoms with E-state index < -0.39 is 0 Å². The van der Waals surface area contributed by atoms with Crippen molar-refractivity contribution >= 4 is 17.5 Å². The van der Waals surface area contributed by atoms with Gasteiger partial charge in [-0.05, 0) is 61.0 Å². The fraction of sp³-hybridized carbons (Fsp3) is 0.417. The van der Waals surface area contributed by atoms with E-state index in [0.29, 0.717) is 18.7 Å². The molecule has 1 atom stereocenters. The fourth-order valence-corrected chi connectivity index (χ4v) is 4.13. The molecule has 0 spiro atoms. The minimum atomic E-state index is -0.0980. The zero-order valence-corrected chi connectivity index (χ0v) is 18.3. The lowest BCUT2D eigenvalue weighted by Crippen LogP contribution is -2.38. The van der Waals surface area contributed by atoms with E-state index in [4.69, 9.17) is 4.74 Å². The maximum absolute atomic E-state index is 12.9. The summed E-state index contributed by atoms with van der Waals surface area (Å²) in [6.45, 7) is 8.77. The largest absolute Gasteiger partial charge is 0.497 e. The Hall–Kier alpha value is -2.86. The van der Waals surface area contributed by atoms with Gasteiger partial charge in [-0.15, -0.1) is 0 Å². The van der Waals surface area contributed by atoms with Gasteiger partial charge < -0.3 is 15.0 Å². The summed E-state index contributed by atoms with van der Waals surface area (Å²) >= 11 is 0. The maximum atomic E-state index is 12.9. The van der Waals surface area contributed by atoms with Crippen molar-refractivity contribution in [1.29, 1.82) is 0 Å². The standard InChI is InChI=1S/C24H31N3O3/c1-5-26(6-2)23(18-8-7-9-21(15-18)30-4)16-25-24(29)20-10-11-22-19(14-20)12-13-27(22)17(3)28/h7-11,14-15,23H,5-6,12-13,16H2,1-4H3,(H,25,29)/t23-/m0/s1. The monoisotopic (exact) mass is 409 g/mol.